The van der Waals surface area contributed by atoms with Crippen molar-refractivity contribution in [3.63, 3.8) is 0 Å². The predicted molar refractivity (Wildman–Crippen MR) is 41.8 cm³/mol. The fourth-order valence-electron chi connectivity index (χ4n) is 0.961. The molecule has 0 amide bonds. The number of hydrogen-bond donors (Lipinski definition) is 1. The van der Waals surface area contributed by atoms with Crippen molar-refractivity contribution in [2.24, 2.45) is 0 Å². The van der Waals surface area contributed by atoms with Gasteiger partial charge >= 0.3 is 6.18 Å². The average Bonchev–Trinajstić information content (AvgIpc) is 2.15. The summed E-state index contributed by atoms with van der Waals surface area (Å²) < 4.78 is 41.0. The average molecular weight is 207 g/mol. The number of nitrogens with zero attached hydrogens (tertiary/aromatic N) is 1. The molecular formula is C8H8F3NO2. The maximum absolute atomic E-state index is 12.1. The van der Waals surface area contributed by atoms with E-state index in [0.29, 0.717) is 0 Å². The van der Waals surface area contributed by atoms with Gasteiger partial charge in [-0.15, -0.1) is 0 Å². The largest absolute Gasteiger partial charge is 0.496 e. The first-order chi connectivity index (χ1) is 6.46. The normalized spacial score (nSPS) is 13.8. The number of halogens is 3. The molecule has 1 aromatic rings. The van der Waals surface area contributed by atoms with E-state index in [4.69, 9.17) is 5.11 Å². The molecule has 0 aromatic carbocycles. The first kappa shape index (κ1) is 10.8. The van der Waals surface area contributed by atoms with Crippen molar-refractivity contribution in [3.05, 3.63) is 24.0 Å². The van der Waals surface area contributed by atoms with Crippen molar-refractivity contribution in [2.45, 2.75) is 12.3 Å². The molecular weight excluding hydrogens is 199 g/mol. The fraction of sp³-hybridized carbons (Fsp3) is 0.375. The molecule has 0 bridgehead atoms. The molecule has 0 aliphatic carbocycles. The molecule has 0 radical (unpaired) electrons. The molecule has 1 heterocycles. The summed E-state index contributed by atoms with van der Waals surface area (Å²) in [6.07, 6.45) is -5.07. The van der Waals surface area contributed by atoms with Crippen LogP contribution in [0, 0.1) is 0 Å². The van der Waals surface area contributed by atoms with E-state index < -0.39 is 12.3 Å². The highest BCUT2D eigenvalue weighted by molar-refractivity contribution is 5.32. The van der Waals surface area contributed by atoms with Gasteiger partial charge in [0.15, 0.2) is 6.10 Å². The molecule has 14 heavy (non-hydrogen) atoms. The Labute approximate surface area is 78.2 Å². The zero-order valence-electron chi connectivity index (χ0n) is 7.25. The lowest BCUT2D eigenvalue weighted by Gasteiger charge is -2.16. The van der Waals surface area contributed by atoms with Crippen molar-refractivity contribution < 1.29 is 23.0 Å². The van der Waals surface area contributed by atoms with E-state index in [1.807, 2.05) is 0 Å². The Morgan fingerprint density at radius 2 is 2.14 bits per heavy atom. The van der Waals surface area contributed by atoms with Gasteiger partial charge in [0, 0.05) is 12.4 Å². The Balaban J connectivity index is 3.06. The summed E-state index contributed by atoms with van der Waals surface area (Å²) in [6, 6.07) is 1.25. The monoisotopic (exact) mass is 207 g/mol. The van der Waals surface area contributed by atoms with Gasteiger partial charge in [-0.2, -0.15) is 13.2 Å². The maximum Gasteiger partial charge on any atom is 0.418 e. The van der Waals surface area contributed by atoms with Crippen LogP contribution in [-0.2, 0) is 0 Å². The van der Waals surface area contributed by atoms with Crippen LogP contribution in [0.4, 0.5) is 13.2 Å². The van der Waals surface area contributed by atoms with Gasteiger partial charge in [0.05, 0.1) is 12.7 Å². The highest BCUT2D eigenvalue weighted by atomic mass is 19.4. The molecule has 6 heteroatoms. The van der Waals surface area contributed by atoms with Gasteiger partial charge in [-0.05, 0) is 6.07 Å². The Bertz CT molecular complexity index is 314. The standard InChI is InChI=1S/C8H8F3NO2/c1-14-6-2-3-12-4-5(6)7(13)8(9,10)11/h2-4,7,13H,1H3. The van der Waals surface area contributed by atoms with E-state index in [0.717, 1.165) is 6.20 Å². The summed E-state index contributed by atoms with van der Waals surface area (Å²) in [7, 11) is 1.22. The number of ether oxygens (including phenoxy) is 1. The third kappa shape index (κ3) is 2.14. The zero-order chi connectivity index (χ0) is 10.8. The topological polar surface area (TPSA) is 42.4 Å². The highest BCUT2D eigenvalue weighted by Crippen LogP contribution is 2.36. The van der Waals surface area contributed by atoms with Crippen LogP contribution in [0.3, 0.4) is 0 Å². The van der Waals surface area contributed by atoms with Crippen molar-refractivity contribution in [2.75, 3.05) is 7.11 Å². The SMILES string of the molecule is COc1ccncc1C(O)C(F)(F)F. The molecule has 0 saturated carbocycles. The Morgan fingerprint density at radius 3 is 2.64 bits per heavy atom. The van der Waals surface area contributed by atoms with E-state index in [9.17, 15) is 13.2 Å². The van der Waals surface area contributed by atoms with Crippen molar-refractivity contribution in [3.8, 4) is 5.75 Å². The molecule has 0 aliphatic heterocycles. The summed E-state index contributed by atoms with van der Waals surface area (Å²) in [4.78, 5) is 3.49. The second-order valence-corrected chi connectivity index (χ2v) is 2.56. The third-order valence-electron chi connectivity index (χ3n) is 1.63. The van der Waals surface area contributed by atoms with Gasteiger partial charge in [0.1, 0.15) is 5.75 Å². The molecule has 0 spiro atoms. The number of pyridine rings is 1. The molecule has 0 saturated heterocycles. The summed E-state index contributed by atoms with van der Waals surface area (Å²) in [5.41, 5.74) is -0.387. The van der Waals surface area contributed by atoms with Gasteiger partial charge < -0.3 is 9.84 Å². The molecule has 0 fully saturated rings. The van der Waals surface area contributed by atoms with E-state index in [1.165, 1.54) is 19.4 Å². The Morgan fingerprint density at radius 1 is 1.50 bits per heavy atom. The Hall–Kier alpha value is -1.30. The number of aromatic nitrogens is 1. The minimum absolute atomic E-state index is 0.0372. The van der Waals surface area contributed by atoms with E-state index >= 15 is 0 Å². The maximum atomic E-state index is 12.1. The molecule has 78 valence electrons. The number of aliphatic hydroxyl groups is 1. The lowest BCUT2D eigenvalue weighted by Crippen LogP contribution is -2.20. The minimum Gasteiger partial charge on any atom is -0.496 e. The molecule has 1 rings (SSSR count). The van der Waals surface area contributed by atoms with Crippen LogP contribution in [0.25, 0.3) is 0 Å². The van der Waals surface area contributed by atoms with E-state index in [2.05, 4.69) is 9.72 Å². The van der Waals surface area contributed by atoms with Crippen LogP contribution in [0.15, 0.2) is 18.5 Å². The molecule has 1 aromatic heterocycles. The second-order valence-electron chi connectivity index (χ2n) is 2.56. The van der Waals surface area contributed by atoms with Crippen molar-refractivity contribution in [1.82, 2.24) is 4.98 Å². The molecule has 1 N–H and O–H groups in total. The first-order valence-electron chi connectivity index (χ1n) is 3.69. The third-order valence-corrected chi connectivity index (χ3v) is 1.63. The zero-order valence-corrected chi connectivity index (χ0v) is 7.25. The van der Waals surface area contributed by atoms with Crippen LogP contribution in [-0.4, -0.2) is 23.4 Å². The minimum atomic E-state index is -4.71. The van der Waals surface area contributed by atoms with Gasteiger partial charge in [-0.25, -0.2) is 0 Å². The molecule has 0 aliphatic rings. The summed E-state index contributed by atoms with van der Waals surface area (Å²) in [5, 5.41) is 8.92. The highest BCUT2D eigenvalue weighted by Gasteiger charge is 2.41. The number of hydrogen-bond acceptors (Lipinski definition) is 3. The van der Waals surface area contributed by atoms with E-state index in [1.54, 1.807) is 0 Å². The summed E-state index contributed by atoms with van der Waals surface area (Å²) in [5.74, 6) is -0.0372. The van der Waals surface area contributed by atoms with Crippen molar-refractivity contribution >= 4 is 0 Å². The lowest BCUT2D eigenvalue weighted by atomic mass is 10.1. The fourth-order valence-corrected chi connectivity index (χ4v) is 0.961. The number of rotatable bonds is 2. The number of alkyl halides is 3. The van der Waals surface area contributed by atoms with E-state index in [-0.39, 0.29) is 11.3 Å². The second kappa shape index (κ2) is 3.83. The molecule has 3 nitrogen and oxygen atoms in total. The summed E-state index contributed by atoms with van der Waals surface area (Å²) in [6.45, 7) is 0. The Kier molecular flexibility index (Phi) is 2.95. The van der Waals surface area contributed by atoms with Gasteiger partial charge in [-0.3, -0.25) is 4.98 Å². The van der Waals surface area contributed by atoms with Gasteiger partial charge in [0.25, 0.3) is 0 Å². The van der Waals surface area contributed by atoms with Crippen LogP contribution in [0.2, 0.25) is 0 Å². The molecule has 1 unspecified atom stereocenters. The number of aliphatic hydroxyl groups excluding tert-OH is 1. The quantitative estimate of drug-likeness (QED) is 0.802. The predicted octanol–water partition coefficient (Wildman–Crippen LogP) is 1.69. The van der Waals surface area contributed by atoms with Crippen molar-refractivity contribution in [1.29, 1.82) is 0 Å². The van der Waals surface area contributed by atoms with Crippen LogP contribution in [0.1, 0.15) is 11.7 Å². The molecule has 1 atom stereocenters. The van der Waals surface area contributed by atoms with Crippen LogP contribution < -0.4 is 4.74 Å². The van der Waals surface area contributed by atoms with Crippen LogP contribution in [0.5, 0.6) is 5.75 Å². The van der Waals surface area contributed by atoms with Gasteiger partial charge in [-0.1, -0.05) is 0 Å². The lowest BCUT2D eigenvalue weighted by molar-refractivity contribution is -0.207. The summed E-state index contributed by atoms with van der Waals surface area (Å²) >= 11 is 0. The smallest absolute Gasteiger partial charge is 0.418 e. The van der Waals surface area contributed by atoms with Crippen LogP contribution >= 0.6 is 0 Å². The first-order valence-corrected chi connectivity index (χ1v) is 3.69. The number of methoxy groups -OCH3 is 1. The van der Waals surface area contributed by atoms with Gasteiger partial charge in [0.2, 0.25) is 0 Å².